The van der Waals surface area contributed by atoms with Gasteiger partial charge >= 0.3 is 0 Å². The third kappa shape index (κ3) is 3.82. The van der Waals surface area contributed by atoms with Crippen LogP contribution in [0.3, 0.4) is 0 Å². The molecule has 0 aliphatic rings. The van der Waals surface area contributed by atoms with E-state index in [0.717, 1.165) is 16.5 Å². The lowest BCUT2D eigenvalue weighted by Gasteiger charge is -2.25. The predicted octanol–water partition coefficient (Wildman–Crippen LogP) is 4.94. The first kappa shape index (κ1) is 14.6. The van der Waals surface area contributed by atoms with Gasteiger partial charge in [0.1, 0.15) is 0 Å². The maximum absolute atomic E-state index is 10.6. The van der Waals surface area contributed by atoms with E-state index >= 15 is 0 Å². The summed E-state index contributed by atoms with van der Waals surface area (Å²) >= 11 is 9.58. The van der Waals surface area contributed by atoms with Gasteiger partial charge in [-0.3, -0.25) is 0 Å². The molecule has 100 valence electrons. The molecular formula is C16H16BrClO. The van der Waals surface area contributed by atoms with Crippen LogP contribution in [0.25, 0.3) is 0 Å². The third-order valence-electron chi connectivity index (χ3n) is 3.25. The van der Waals surface area contributed by atoms with Gasteiger partial charge < -0.3 is 5.11 Å². The Bertz CT molecular complexity index is 552. The molecule has 0 aliphatic carbocycles. The summed E-state index contributed by atoms with van der Waals surface area (Å²) in [6.45, 7) is 1.81. The maximum Gasteiger partial charge on any atom is 0.0886 e. The number of halogens is 2. The zero-order chi connectivity index (χ0) is 13.9. The van der Waals surface area contributed by atoms with Crippen LogP contribution in [0.5, 0.6) is 0 Å². The van der Waals surface area contributed by atoms with Crippen molar-refractivity contribution in [1.82, 2.24) is 0 Å². The highest BCUT2D eigenvalue weighted by Crippen LogP contribution is 2.33. The summed E-state index contributed by atoms with van der Waals surface area (Å²) in [6, 6.07) is 15.7. The highest BCUT2D eigenvalue weighted by atomic mass is 79.9. The van der Waals surface area contributed by atoms with Gasteiger partial charge in [0.25, 0.3) is 0 Å². The summed E-state index contributed by atoms with van der Waals surface area (Å²) in [6.07, 6.45) is 1.46. The maximum atomic E-state index is 10.6. The smallest absolute Gasteiger partial charge is 0.0886 e. The van der Waals surface area contributed by atoms with Crippen molar-refractivity contribution in [2.75, 3.05) is 0 Å². The summed E-state index contributed by atoms with van der Waals surface area (Å²) < 4.78 is 0.917. The molecule has 1 atom stereocenters. The van der Waals surface area contributed by atoms with Gasteiger partial charge in [-0.05, 0) is 37.5 Å². The molecule has 0 aliphatic heterocycles. The average molecular weight is 340 g/mol. The Labute approximate surface area is 127 Å². The van der Waals surface area contributed by atoms with Crippen LogP contribution in [-0.2, 0) is 12.0 Å². The fraction of sp³-hybridized carbons (Fsp3) is 0.250. The van der Waals surface area contributed by atoms with E-state index in [1.807, 2.05) is 43.3 Å². The molecule has 0 heterocycles. The Balaban J connectivity index is 2.13. The molecule has 0 radical (unpaired) electrons. The van der Waals surface area contributed by atoms with Crippen molar-refractivity contribution in [2.24, 2.45) is 0 Å². The molecule has 0 aromatic heterocycles. The molecule has 3 heteroatoms. The van der Waals surface area contributed by atoms with Gasteiger partial charge in [0.2, 0.25) is 0 Å². The van der Waals surface area contributed by atoms with Crippen LogP contribution in [0.4, 0.5) is 0 Å². The first-order chi connectivity index (χ1) is 8.99. The fourth-order valence-corrected chi connectivity index (χ4v) is 2.97. The van der Waals surface area contributed by atoms with Gasteiger partial charge in [-0.15, -0.1) is 0 Å². The molecule has 1 N–H and O–H groups in total. The Morgan fingerprint density at radius 2 is 1.84 bits per heavy atom. The SMILES string of the molecule is CC(O)(CCc1ccccc1)c1ccc(Br)cc1Cl. The molecule has 1 nitrogen and oxygen atoms in total. The molecule has 1 unspecified atom stereocenters. The topological polar surface area (TPSA) is 20.2 Å². The molecular weight excluding hydrogens is 324 g/mol. The lowest BCUT2D eigenvalue weighted by molar-refractivity contribution is 0.0481. The van der Waals surface area contributed by atoms with Crippen LogP contribution in [0.15, 0.2) is 53.0 Å². The van der Waals surface area contributed by atoms with E-state index in [1.165, 1.54) is 5.56 Å². The first-order valence-corrected chi connectivity index (χ1v) is 7.38. The van der Waals surface area contributed by atoms with E-state index < -0.39 is 5.60 Å². The van der Waals surface area contributed by atoms with Crippen LogP contribution in [0.1, 0.15) is 24.5 Å². The number of aliphatic hydroxyl groups is 1. The lowest BCUT2D eigenvalue weighted by atomic mass is 9.89. The lowest BCUT2D eigenvalue weighted by Crippen LogP contribution is -2.22. The summed E-state index contributed by atoms with van der Waals surface area (Å²) in [4.78, 5) is 0. The Morgan fingerprint density at radius 3 is 2.47 bits per heavy atom. The van der Waals surface area contributed by atoms with Crippen LogP contribution in [0, 0.1) is 0 Å². The number of rotatable bonds is 4. The molecule has 0 amide bonds. The van der Waals surface area contributed by atoms with E-state index in [0.29, 0.717) is 11.4 Å². The van der Waals surface area contributed by atoms with E-state index in [-0.39, 0.29) is 0 Å². The normalized spacial score (nSPS) is 14.1. The molecule has 0 saturated carbocycles. The molecule has 0 fully saturated rings. The van der Waals surface area contributed by atoms with Crippen molar-refractivity contribution in [3.63, 3.8) is 0 Å². The second-order valence-corrected chi connectivity index (χ2v) is 6.21. The molecule has 0 bridgehead atoms. The number of aryl methyl sites for hydroxylation is 1. The minimum absolute atomic E-state index is 0.590. The molecule has 0 saturated heterocycles. The van der Waals surface area contributed by atoms with Crippen LogP contribution in [-0.4, -0.2) is 5.11 Å². The molecule has 2 rings (SSSR count). The summed E-state index contributed by atoms with van der Waals surface area (Å²) in [5.74, 6) is 0. The highest BCUT2D eigenvalue weighted by molar-refractivity contribution is 9.10. The molecule has 19 heavy (non-hydrogen) atoms. The molecule has 2 aromatic carbocycles. The van der Waals surface area contributed by atoms with Crippen molar-refractivity contribution in [2.45, 2.75) is 25.4 Å². The largest absolute Gasteiger partial charge is 0.385 e. The number of hydrogen-bond acceptors (Lipinski definition) is 1. The van der Waals surface area contributed by atoms with Crippen molar-refractivity contribution in [3.8, 4) is 0 Å². The second-order valence-electron chi connectivity index (χ2n) is 4.88. The Hall–Kier alpha value is -0.830. The minimum Gasteiger partial charge on any atom is -0.385 e. The van der Waals surface area contributed by atoms with Crippen molar-refractivity contribution in [3.05, 3.63) is 69.2 Å². The van der Waals surface area contributed by atoms with Crippen LogP contribution in [0.2, 0.25) is 5.02 Å². The van der Waals surface area contributed by atoms with Gasteiger partial charge in [0.15, 0.2) is 0 Å². The predicted molar refractivity (Wildman–Crippen MR) is 83.5 cm³/mol. The van der Waals surface area contributed by atoms with Crippen molar-refractivity contribution < 1.29 is 5.11 Å². The number of hydrogen-bond donors (Lipinski definition) is 1. The summed E-state index contributed by atoms with van der Waals surface area (Å²) in [5.41, 5.74) is 1.07. The molecule has 0 spiro atoms. The Morgan fingerprint density at radius 1 is 1.16 bits per heavy atom. The first-order valence-electron chi connectivity index (χ1n) is 6.21. The summed E-state index contributed by atoms with van der Waals surface area (Å²) in [7, 11) is 0. The van der Waals surface area contributed by atoms with Crippen molar-refractivity contribution in [1.29, 1.82) is 0 Å². The molecule has 2 aromatic rings. The fourth-order valence-electron chi connectivity index (χ4n) is 2.09. The van der Waals surface area contributed by atoms with Crippen LogP contribution < -0.4 is 0 Å². The van der Waals surface area contributed by atoms with Gasteiger partial charge in [-0.25, -0.2) is 0 Å². The van der Waals surface area contributed by atoms with E-state index in [9.17, 15) is 5.11 Å². The zero-order valence-electron chi connectivity index (χ0n) is 10.7. The minimum atomic E-state index is -0.923. The zero-order valence-corrected chi connectivity index (χ0v) is 13.1. The monoisotopic (exact) mass is 338 g/mol. The number of benzene rings is 2. The van der Waals surface area contributed by atoms with Gasteiger partial charge in [-0.2, -0.15) is 0 Å². The third-order valence-corrected chi connectivity index (χ3v) is 4.06. The quantitative estimate of drug-likeness (QED) is 0.836. The van der Waals surface area contributed by atoms with E-state index in [4.69, 9.17) is 11.6 Å². The van der Waals surface area contributed by atoms with Gasteiger partial charge in [0.05, 0.1) is 5.60 Å². The average Bonchev–Trinajstić information content (AvgIpc) is 2.37. The van der Waals surface area contributed by atoms with Gasteiger partial charge in [-0.1, -0.05) is 63.9 Å². The Kier molecular flexibility index (Phi) is 4.67. The van der Waals surface area contributed by atoms with Crippen molar-refractivity contribution >= 4 is 27.5 Å². The standard InChI is InChI=1S/C16H16BrClO/c1-16(19,10-9-12-5-3-2-4-6-12)14-8-7-13(17)11-15(14)18/h2-8,11,19H,9-10H2,1H3. The van der Waals surface area contributed by atoms with E-state index in [1.54, 1.807) is 0 Å². The highest BCUT2D eigenvalue weighted by Gasteiger charge is 2.25. The van der Waals surface area contributed by atoms with Gasteiger partial charge in [0, 0.05) is 15.1 Å². The van der Waals surface area contributed by atoms with Crippen LogP contribution >= 0.6 is 27.5 Å². The second kappa shape index (κ2) is 6.08. The van der Waals surface area contributed by atoms with E-state index in [2.05, 4.69) is 28.1 Å². The summed E-state index contributed by atoms with van der Waals surface area (Å²) in [5, 5.41) is 11.2.